The molecular weight excluding hydrogens is 360 g/mol. The van der Waals surface area contributed by atoms with E-state index < -0.39 is 11.6 Å². The molecule has 0 atom stereocenters. The van der Waals surface area contributed by atoms with Crippen LogP contribution >= 0.6 is 31.9 Å². The molecule has 2 aromatic carbocycles. The summed E-state index contributed by atoms with van der Waals surface area (Å²) in [5.41, 5.74) is 1.26. The van der Waals surface area contributed by atoms with Crippen LogP contribution in [0.15, 0.2) is 39.3 Å². The van der Waals surface area contributed by atoms with Gasteiger partial charge in [0.1, 0.15) is 0 Å². The highest BCUT2D eigenvalue weighted by Crippen LogP contribution is 2.32. The molecule has 0 saturated heterocycles. The summed E-state index contributed by atoms with van der Waals surface area (Å²) in [5.74, 6) is -0.946. The van der Waals surface area contributed by atoms with Crippen LogP contribution in [0.25, 0.3) is 16.8 Å². The molecule has 0 fully saturated rings. The van der Waals surface area contributed by atoms with E-state index in [1.165, 1.54) is 0 Å². The Labute approximate surface area is 120 Å². The van der Waals surface area contributed by atoms with E-state index in [0.29, 0.717) is 10.0 Å². The second-order valence-corrected chi connectivity index (χ2v) is 5.81. The van der Waals surface area contributed by atoms with Gasteiger partial charge in [-0.3, -0.25) is 9.59 Å². The second-order valence-electron chi connectivity index (χ2n) is 4.04. The molecule has 1 aliphatic rings. The summed E-state index contributed by atoms with van der Waals surface area (Å²) in [4.78, 5) is 23.5. The Morgan fingerprint density at radius 2 is 1.61 bits per heavy atom. The van der Waals surface area contributed by atoms with E-state index in [4.69, 9.17) is 0 Å². The highest BCUT2D eigenvalue weighted by molar-refractivity contribution is 9.12. The fourth-order valence-electron chi connectivity index (χ4n) is 2.09. The van der Waals surface area contributed by atoms with E-state index in [0.717, 1.165) is 20.8 Å². The second kappa shape index (κ2) is 4.14. The largest absolute Gasteiger partial charge is 0.285 e. The lowest BCUT2D eigenvalue weighted by Gasteiger charge is -2.13. The van der Waals surface area contributed by atoms with E-state index >= 15 is 0 Å². The third-order valence-electron chi connectivity index (χ3n) is 2.96. The molecule has 0 N–H and O–H groups in total. The molecule has 0 heterocycles. The molecule has 0 aliphatic heterocycles. The van der Waals surface area contributed by atoms with Crippen molar-refractivity contribution < 1.29 is 9.59 Å². The molecule has 0 bridgehead atoms. The summed E-state index contributed by atoms with van der Waals surface area (Å²) in [7, 11) is 0. The number of carbonyl (C=O) groups excluding carboxylic acids is 2. The van der Waals surface area contributed by atoms with Crippen LogP contribution in [-0.2, 0) is 4.79 Å². The summed E-state index contributed by atoms with van der Waals surface area (Å²) in [6, 6.07) is 9.44. The molecule has 18 heavy (non-hydrogen) atoms. The van der Waals surface area contributed by atoms with Crippen LogP contribution < -0.4 is 0 Å². The zero-order valence-corrected chi connectivity index (χ0v) is 12.2. The van der Waals surface area contributed by atoms with Gasteiger partial charge in [-0.1, -0.05) is 28.1 Å². The van der Waals surface area contributed by atoms with Gasteiger partial charge < -0.3 is 0 Å². The maximum Gasteiger partial charge on any atom is 0.240 e. The van der Waals surface area contributed by atoms with Gasteiger partial charge in [-0.05, 0) is 56.5 Å². The van der Waals surface area contributed by atoms with Gasteiger partial charge in [-0.2, -0.15) is 0 Å². The Balaban J connectivity index is 2.44. The topological polar surface area (TPSA) is 34.1 Å². The van der Waals surface area contributed by atoms with E-state index in [2.05, 4.69) is 31.9 Å². The quantitative estimate of drug-likeness (QED) is 0.658. The smallest absolute Gasteiger partial charge is 0.240 e. The van der Waals surface area contributed by atoms with Crippen molar-refractivity contribution in [3.63, 3.8) is 0 Å². The summed E-state index contributed by atoms with van der Waals surface area (Å²) in [6.45, 7) is 0. The number of benzene rings is 2. The predicted molar refractivity (Wildman–Crippen MR) is 77.9 cm³/mol. The zero-order valence-electron chi connectivity index (χ0n) is 9.04. The molecule has 0 spiro atoms. The maximum absolute atomic E-state index is 11.9. The standard InChI is InChI=1S/C14H6Br2O2/c15-8-3-1-7-2-4-9-11(10(7)5-8)6-12(16)14(18)13(9)17/h1-6H. The number of carbonyl (C=O) groups is 2. The van der Waals surface area contributed by atoms with E-state index in [1.54, 1.807) is 12.1 Å². The highest BCUT2D eigenvalue weighted by atomic mass is 79.9. The molecule has 4 heteroatoms. The van der Waals surface area contributed by atoms with Crippen molar-refractivity contribution in [1.82, 2.24) is 0 Å². The zero-order chi connectivity index (χ0) is 12.9. The molecular formula is C14H6Br2O2. The van der Waals surface area contributed by atoms with Gasteiger partial charge in [0.2, 0.25) is 11.6 Å². The van der Waals surface area contributed by atoms with Gasteiger partial charge in [0.25, 0.3) is 0 Å². The summed E-state index contributed by atoms with van der Waals surface area (Å²) in [5, 5.41) is 2.00. The van der Waals surface area contributed by atoms with E-state index in [9.17, 15) is 9.59 Å². The fraction of sp³-hybridized carbons (Fsp3) is 0. The van der Waals surface area contributed by atoms with Gasteiger partial charge in [0.15, 0.2) is 0 Å². The Morgan fingerprint density at radius 1 is 0.889 bits per heavy atom. The molecule has 0 saturated carbocycles. The molecule has 0 amide bonds. The average Bonchev–Trinajstić information content (AvgIpc) is 2.36. The maximum atomic E-state index is 11.9. The molecule has 0 unspecified atom stereocenters. The normalized spacial score (nSPS) is 14.7. The average molecular weight is 366 g/mol. The number of ketones is 2. The number of hydrogen-bond acceptors (Lipinski definition) is 2. The summed E-state index contributed by atoms with van der Waals surface area (Å²) < 4.78 is 1.25. The Hall–Kier alpha value is -1.26. The van der Waals surface area contributed by atoms with Gasteiger partial charge in [-0.15, -0.1) is 0 Å². The fourth-order valence-corrected chi connectivity index (χ4v) is 2.86. The minimum absolute atomic E-state index is 0.312. The molecule has 0 radical (unpaired) electrons. The highest BCUT2D eigenvalue weighted by Gasteiger charge is 2.27. The third kappa shape index (κ3) is 1.68. The van der Waals surface area contributed by atoms with Crippen LogP contribution in [0.1, 0.15) is 15.9 Å². The van der Waals surface area contributed by atoms with Crippen LogP contribution in [-0.4, -0.2) is 11.6 Å². The van der Waals surface area contributed by atoms with Crippen molar-refractivity contribution in [1.29, 1.82) is 0 Å². The van der Waals surface area contributed by atoms with Gasteiger partial charge >= 0.3 is 0 Å². The van der Waals surface area contributed by atoms with Gasteiger partial charge in [-0.25, -0.2) is 0 Å². The lowest BCUT2D eigenvalue weighted by atomic mass is 9.91. The first-order chi connectivity index (χ1) is 8.58. The number of rotatable bonds is 0. The minimum Gasteiger partial charge on any atom is -0.285 e. The van der Waals surface area contributed by atoms with Crippen LogP contribution in [0.3, 0.4) is 0 Å². The molecule has 88 valence electrons. The Bertz CT molecular complexity index is 745. The molecule has 2 aromatic rings. The van der Waals surface area contributed by atoms with Crippen LogP contribution in [0.4, 0.5) is 0 Å². The van der Waals surface area contributed by atoms with Gasteiger partial charge in [0.05, 0.1) is 4.48 Å². The lowest BCUT2D eigenvalue weighted by Crippen LogP contribution is -2.19. The monoisotopic (exact) mass is 364 g/mol. The van der Waals surface area contributed by atoms with Crippen LogP contribution in [0.2, 0.25) is 0 Å². The lowest BCUT2D eigenvalue weighted by molar-refractivity contribution is -0.111. The SMILES string of the molecule is O=C1C(=O)c2ccc3ccc(Br)cc3c2C=C1Br. The van der Waals surface area contributed by atoms with Crippen molar-refractivity contribution in [2.24, 2.45) is 0 Å². The first-order valence-electron chi connectivity index (χ1n) is 5.26. The van der Waals surface area contributed by atoms with Crippen LogP contribution in [0.5, 0.6) is 0 Å². The van der Waals surface area contributed by atoms with Gasteiger partial charge in [0, 0.05) is 10.0 Å². The van der Waals surface area contributed by atoms with Crippen LogP contribution in [0, 0.1) is 0 Å². The molecule has 1 aliphatic carbocycles. The first kappa shape index (κ1) is 11.8. The van der Waals surface area contributed by atoms with Crippen molar-refractivity contribution >= 4 is 60.3 Å². The van der Waals surface area contributed by atoms with E-state index in [-0.39, 0.29) is 0 Å². The van der Waals surface area contributed by atoms with Crippen molar-refractivity contribution in [3.8, 4) is 0 Å². The number of fused-ring (bicyclic) bond motifs is 3. The van der Waals surface area contributed by atoms with Crippen molar-refractivity contribution in [3.05, 3.63) is 50.4 Å². The number of allylic oxidation sites excluding steroid dienone is 1. The molecule has 2 nitrogen and oxygen atoms in total. The number of hydrogen-bond donors (Lipinski definition) is 0. The molecule has 0 aromatic heterocycles. The first-order valence-corrected chi connectivity index (χ1v) is 6.85. The summed E-state index contributed by atoms with van der Waals surface area (Å²) in [6.07, 6.45) is 1.72. The Kier molecular flexibility index (Phi) is 2.72. The molecule has 3 rings (SSSR count). The summed E-state index contributed by atoms with van der Waals surface area (Å²) >= 11 is 6.57. The predicted octanol–water partition coefficient (Wildman–Crippen LogP) is 4.10. The Morgan fingerprint density at radius 3 is 2.39 bits per heavy atom. The van der Waals surface area contributed by atoms with Crippen molar-refractivity contribution in [2.45, 2.75) is 0 Å². The minimum atomic E-state index is -0.489. The van der Waals surface area contributed by atoms with E-state index in [1.807, 2.05) is 24.3 Å². The number of Topliss-reactive ketones (excluding diaryl/α,β-unsaturated/α-hetero) is 2. The number of halogens is 2. The third-order valence-corrected chi connectivity index (χ3v) is 4.05. The van der Waals surface area contributed by atoms with Crippen molar-refractivity contribution in [2.75, 3.05) is 0 Å².